The molecule has 0 heterocycles. The van der Waals surface area contributed by atoms with Crippen molar-refractivity contribution in [2.75, 3.05) is 14.1 Å². The molecule has 1 aliphatic carbocycles. The second-order valence-electron chi connectivity index (χ2n) is 3.14. The zero-order valence-electron chi connectivity index (χ0n) is 8.58. The Hall–Kier alpha value is -1.45. The van der Waals surface area contributed by atoms with E-state index in [-0.39, 0.29) is 11.7 Å². The van der Waals surface area contributed by atoms with Crippen LogP contribution in [0.25, 0.3) is 0 Å². The monoisotopic (exact) mass is 193 g/mol. The largest absolute Gasteiger partial charge is 0.352 e. The lowest BCUT2D eigenvalue weighted by Crippen LogP contribution is -2.27. The van der Waals surface area contributed by atoms with Gasteiger partial charge in [-0.3, -0.25) is 9.79 Å². The molecule has 0 atom stereocenters. The lowest BCUT2D eigenvalue weighted by molar-refractivity contribution is -0.114. The van der Waals surface area contributed by atoms with Crippen LogP contribution in [0.15, 0.2) is 22.6 Å². The first kappa shape index (κ1) is 10.6. The van der Waals surface area contributed by atoms with E-state index in [1.165, 1.54) is 0 Å². The van der Waals surface area contributed by atoms with E-state index in [4.69, 9.17) is 0 Å². The molecule has 1 N–H and O–H groups in total. The smallest absolute Gasteiger partial charge is 0.288 e. The first-order valence-corrected chi connectivity index (χ1v) is 4.62. The van der Waals surface area contributed by atoms with Gasteiger partial charge in [-0.25, -0.2) is 4.99 Å². The van der Waals surface area contributed by atoms with Gasteiger partial charge in [-0.15, -0.1) is 0 Å². The van der Waals surface area contributed by atoms with Gasteiger partial charge in [0.25, 0.3) is 5.91 Å². The number of hydrogen-bond donors (Lipinski definition) is 1. The molecule has 0 aromatic rings. The highest BCUT2D eigenvalue weighted by molar-refractivity contribution is 6.40. The number of carbonyl (C=O) groups excluding carboxylic acids is 1. The number of allylic oxidation sites excluding steroid dienone is 1. The van der Waals surface area contributed by atoms with E-state index in [0.717, 1.165) is 18.6 Å². The van der Waals surface area contributed by atoms with Gasteiger partial charge in [0, 0.05) is 25.7 Å². The highest BCUT2D eigenvalue weighted by Crippen LogP contribution is 2.31. The molecule has 0 saturated heterocycles. The molecule has 4 nitrogen and oxygen atoms in total. The molecule has 0 aromatic carbocycles. The predicted octanol–water partition coefficient (Wildman–Crippen LogP) is 0.798. The van der Waals surface area contributed by atoms with Crippen molar-refractivity contribution in [2.24, 2.45) is 15.9 Å². The van der Waals surface area contributed by atoms with Crippen molar-refractivity contribution in [1.29, 1.82) is 0 Å². The van der Waals surface area contributed by atoms with Crippen molar-refractivity contribution >= 4 is 17.5 Å². The highest BCUT2D eigenvalue weighted by atomic mass is 16.2. The van der Waals surface area contributed by atoms with E-state index in [1.54, 1.807) is 20.2 Å². The van der Waals surface area contributed by atoms with Crippen LogP contribution in [0.4, 0.5) is 0 Å². The van der Waals surface area contributed by atoms with Crippen molar-refractivity contribution in [3.05, 3.63) is 12.7 Å². The summed E-state index contributed by atoms with van der Waals surface area (Å²) in [5.74, 6) is 0.440. The SMILES string of the molecule is C=C/C(=N\C(=N/C)C(=O)NC)C1CC1. The van der Waals surface area contributed by atoms with Gasteiger partial charge in [-0.1, -0.05) is 6.58 Å². The summed E-state index contributed by atoms with van der Waals surface area (Å²) in [6, 6.07) is 0. The minimum atomic E-state index is -0.257. The van der Waals surface area contributed by atoms with Gasteiger partial charge in [0.1, 0.15) is 0 Å². The summed E-state index contributed by atoms with van der Waals surface area (Å²) < 4.78 is 0. The first-order valence-electron chi connectivity index (χ1n) is 4.62. The molecule has 0 spiro atoms. The number of nitrogens with one attached hydrogen (secondary N) is 1. The summed E-state index contributed by atoms with van der Waals surface area (Å²) in [6.07, 6.45) is 3.97. The summed E-state index contributed by atoms with van der Waals surface area (Å²) in [6.45, 7) is 3.68. The zero-order chi connectivity index (χ0) is 10.6. The summed E-state index contributed by atoms with van der Waals surface area (Å²) in [4.78, 5) is 19.3. The van der Waals surface area contributed by atoms with Crippen LogP contribution in [0.1, 0.15) is 12.8 Å². The number of amides is 1. The summed E-state index contributed by atoms with van der Waals surface area (Å²) in [5, 5.41) is 2.49. The Kier molecular flexibility index (Phi) is 3.56. The topological polar surface area (TPSA) is 53.8 Å². The number of rotatable bonds is 2. The van der Waals surface area contributed by atoms with Crippen molar-refractivity contribution < 1.29 is 4.79 Å². The number of amidine groups is 1. The number of carbonyl (C=O) groups is 1. The van der Waals surface area contributed by atoms with Gasteiger partial charge in [-0.05, 0) is 18.9 Å². The van der Waals surface area contributed by atoms with E-state index < -0.39 is 0 Å². The molecular formula is C10H15N3O. The summed E-state index contributed by atoms with van der Waals surface area (Å²) >= 11 is 0. The van der Waals surface area contributed by atoms with Crippen LogP contribution < -0.4 is 5.32 Å². The van der Waals surface area contributed by atoms with Gasteiger partial charge in [-0.2, -0.15) is 0 Å². The van der Waals surface area contributed by atoms with E-state index in [0.29, 0.717) is 5.92 Å². The Morgan fingerprint density at radius 3 is 2.57 bits per heavy atom. The number of hydrogen-bond acceptors (Lipinski definition) is 2. The molecule has 1 fully saturated rings. The third kappa shape index (κ3) is 2.52. The third-order valence-corrected chi connectivity index (χ3v) is 2.08. The van der Waals surface area contributed by atoms with E-state index in [2.05, 4.69) is 21.9 Å². The normalized spacial score (nSPS) is 17.9. The lowest BCUT2D eigenvalue weighted by atomic mass is 10.2. The number of aliphatic imine (C=N–C) groups is 2. The number of likely N-dealkylation sites (N-methyl/N-ethyl adjacent to an activating group) is 1. The van der Waals surface area contributed by atoms with Crippen molar-refractivity contribution in [1.82, 2.24) is 5.32 Å². The van der Waals surface area contributed by atoms with E-state index in [1.807, 2.05) is 0 Å². The molecule has 0 aliphatic heterocycles. The minimum Gasteiger partial charge on any atom is -0.352 e. The maximum absolute atomic E-state index is 11.3. The Morgan fingerprint density at radius 2 is 2.21 bits per heavy atom. The molecule has 1 aliphatic rings. The van der Waals surface area contributed by atoms with Crippen LogP contribution in [0.5, 0.6) is 0 Å². The van der Waals surface area contributed by atoms with Gasteiger partial charge in [0.05, 0.1) is 0 Å². The number of nitrogens with zero attached hydrogens (tertiary/aromatic N) is 2. The van der Waals surface area contributed by atoms with Crippen LogP contribution in [0.3, 0.4) is 0 Å². The molecule has 76 valence electrons. The molecule has 0 radical (unpaired) electrons. The molecule has 1 rings (SSSR count). The summed E-state index contributed by atoms with van der Waals surface area (Å²) in [7, 11) is 3.12. The van der Waals surface area contributed by atoms with Gasteiger partial charge in [0.2, 0.25) is 5.84 Å². The fourth-order valence-corrected chi connectivity index (χ4v) is 1.12. The Labute approximate surface area is 83.8 Å². The second-order valence-corrected chi connectivity index (χ2v) is 3.14. The standard InChI is InChI=1S/C10H15N3O/c1-4-8(7-5-6-7)13-9(11-2)10(14)12-3/h4,7H,1,5-6H2,2-3H3,(H,12,14)/b11-9-,13-8+. The molecular weight excluding hydrogens is 178 g/mol. The van der Waals surface area contributed by atoms with Crippen molar-refractivity contribution in [3.63, 3.8) is 0 Å². The van der Waals surface area contributed by atoms with Crippen LogP contribution in [-0.4, -0.2) is 31.5 Å². The van der Waals surface area contributed by atoms with Crippen molar-refractivity contribution in [2.45, 2.75) is 12.8 Å². The molecule has 0 unspecified atom stereocenters. The van der Waals surface area contributed by atoms with E-state index in [9.17, 15) is 4.79 Å². The van der Waals surface area contributed by atoms with Crippen LogP contribution >= 0.6 is 0 Å². The van der Waals surface area contributed by atoms with Crippen LogP contribution in [-0.2, 0) is 4.79 Å². The van der Waals surface area contributed by atoms with Gasteiger partial charge >= 0.3 is 0 Å². The molecule has 0 aromatic heterocycles. The molecule has 14 heavy (non-hydrogen) atoms. The van der Waals surface area contributed by atoms with Crippen molar-refractivity contribution in [3.8, 4) is 0 Å². The Morgan fingerprint density at radius 1 is 1.57 bits per heavy atom. The average molecular weight is 193 g/mol. The lowest BCUT2D eigenvalue weighted by Gasteiger charge is -2.00. The average Bonchev–Trinajstić information content (AvgIpc) is 3.02. The quantitative estimate of drug-likeness (QED) is 0.512. The molecule has 0 bridgehead atoms. The van der Waals surface area contributed by atoms with Crippen LogP contribution in [0, 0.1) is 5.92 Å². The second kappa shape index (κ2) is 4.69. The molecule has 4 heteroatoms. The maximum atomic E-state index is 11.3. The molecule has 1 amide bonds. The van der Waals surface area contributed by atoms with Gasteiger partial charge in [0.15, 0.2) is 0 Å². The van der Waals surface area contributed by atoms with Gasteiger partial charge < -0.3 is 5.32 Å². The zero-order valence-corrected chi connectivity index (χ0v) is 8.58. The minimum absolute atomic E-state index is 0.217. The maximum Gasteiger partial charge on any atom is 0.288 e. The van der Waals surface area contributed by atoms with Crippen LogP contribution in [0.2, 0.25) is 0 Å². The fourth-order valence-electron chi connectivity index (χ4n) is 1.12. The summed E-state index contributed by atoms with van der Waals surface area (Å²) in [5.41, 5.74) is 0.870. The fraction of sp³-hybridized carbons (Fsp3) is 0.500. The predicted molar refractivity (Wildman–Crippen MR) is 57.8 cm³/mol. The Balaban J connectivity index is 2.79. The highest BCUT2D eigenvalue weighted by Gasteiger charge is 2.26. The Bertz CT molecular complexity index is 300. The third-order valence-electron chi connectivity index (χ3n) is 2.08. The first-order chi connectivity index (χ1) is 6.72. The van der Waals surface area contributed by atoms with E-state index >= 15 is 0 Å². The molecule has 1 saturated carbocycles.